The maximum Gasteiger partial charge on any atom is 0.328 e. The Morgan fingerprint density at radius 2 is 1.88 bits per heavy atom. The zero-order chi connectivity index (χ0) is 12.2. The number of benzene rings is 1. The van der Waals surface area contributed by atoms with Crippen LogP contribution >= 0.6 is 7.37 Å². The van der Waals surface area contributed by atoms with E-state index in [1.807, 2.05) is 0 Å². The SMILES string of the molecule is CP(C)(=O)Oc1ccc(/C=C/C(=O)O)cc1. The average molecular weight is 240 g/mol. The molecule has 0 radical (unpaired) electrons. The fourth-order valence-electron chi connectivity index (χ4n) is 1.06. The smallest absolute Gasteiger partial charge is 0.328 e. The number of carboxylic acids is 1. The summed E-state index contributed by atoms with van der Waals surface area (Å²) in [5.41, 5.74) is 0.747. The molecule has 0 aliphatic heterocycles. The third-order valence-corrected chi connectivity index (χ3v) is 2.27. The lowest BCUT2D eigenvalue weighted by molar-refractivity contribution is -0.131. The molecule has 1 aromatic carbocycles. The highest BCUT2D eigenvalue weighted by Crippen LogP contribution is 2.38. The van der Waals surface area contributed by atoms with E-state index in [1.54, 1.807) is 24.3 Å². The minimum atomic E-state index is -2.55. The zero-order valence-electron chi connectivity index (χ0n) is 9.08. The molecule has 16 heavy (non-hydrogen) atoms. The molecule has 0 heterocycles. The maximum absolute atomic E-state index is 11.4. The van der Waals surface area contributed by atoms with Crippen LogP contribution in [0.2, 0.25) is 0 Å². The second kappa shape index (κ2) is 4.99. The van der Waals surface area contributed by atoms with Crippen LogP contribution in [0.25, 0.3) is 6.08 Å². The van der Waals surface area contributed by atoms with Crippen LogP contribution in [-0.2, 0) is 9.36 Å². The van der Waals surface area contributed by atoms with E-state index in [9.17, 15) is 9.36 Å². The third kappa shape index (κ3) is 4.80. The Morgan fingerprint density at radius 3 is 2.31 bits per heavy atom. The number of aliphatic carboxylic acids is 1. The molecule has 0 spiro atoms. The maximum atomic E-state index is 11.4. The van der Waals surface area contributed by atoms with Gasteiger partial charge in [0.05, 0.1) is 0 Å². The highest BCUT2D eigenvalue weighted by atomic mass is 31.2. The Bertz CT molecular complexity index is 442. The predicted octanol–water partition coefficient (Wildman–Crippen LogP) is 2.70. The minimum Gasteiger partial charge on any atom is -0.478 e. The van der Waals surface area contributed by atoms with Gasteiger partial charge in [-0.3, -0.25) is 4.57 Å². The third-order valence-electron chi connectivity index (χ3n) is 1.62. The predicted molar refractivity (Wildman–Crippen MR) is 63.2 cm³/mol. The second-order valence-electron chi connectivity index (χ2n) is 3.58. The number of hydrogen-bond acceptors (Lipinski definition) is 3. The molecule has 1 aromatic rings. The van der Waals surface area contributed by atoms with Crippen LogP contribution in [0.5, 0.6) is 5.75 Å². The van der Waals surface area contributed by atoms with Crippen molar-refractivity contribution in [3.05, 3.63) is 35.9 Å². The summed E-state index contributed by atoms with van der Waals surface area (Å²) >= 11 is 0. The van der Waals surface area contributed by atoms with Crippen LogP contribution in [0.1, 0.15) is 5.56 Å². The molecule has 86 valence electrons. The van der Waals surface area contributed by atoms with Gasteiger partial charge < -0.3 is 9.63 Å². The lowest BCUT2D eigenvalue weighted by Gasteiger charge is -2.09. The Labute approximate surface area is 94.0 Å². The molecule has 1 rings (SSSR count). The molecule has 0 atom stereocenters. The molecule has 0 unspecified atom stereocenters. The fraction of sp³-hybridized carbons (Fsp3) is 0.182. The van der Waals surface area contributed by atoms with Gasteiger partial charge in [0.2, 0.25) is 7.37 Å². The average Bonchev–Trinajstić information content (AvgIpc) is 2.14. The van der Waals surface area contributed by atoms with Gasteiger partial charge in [0.1, 0.15) is 5.75 Å². The quantitative estimate of drug-likeness (QED) is 0.649. The van der Waals surface area contributed by atoms with Crippen LogP contribution in [0.3, 0.4) is 0 Å². The first-order chi connectivity index (χ1) is 7.37. The van der Waals surface area contributed by atoms with Crippen LogP contribution in [0.15, 0.2) is 30.3 Å². The van der Waals surface area contributed by atoms with Gasteiger partial charge in [0.25, 0.3) is 0 Å². The van der Waals surface area contributed by atoms with Gasteiger partial charge in [-0.15, -0.1) is 0 Å². The zero-order valence-corrected chi connectivity index (χ0v) is 9.98. The van der Waals surface area contributed by atoms with Crippen molar-refractivity contribution in [1.82, 2.24) is 0 Å². The summed E-state index contributed by atoms with van der Waals surface area (Å²) in [7, 11) is -2.55. The van der Waals surface area contributed by atoms with Crippen LogP contribution < -0.4 is 4.52 Å². The monoisotopic (exact) mass is 240 g/mol. The molecule has 0 aliphatic carbocycles. The molecule has 0 aromatic heterocycles. The summed E-state index contributed by atoms with van der Waals surface area (Å²) in [4.78, 5) is 10.3. The van der Waals surface area contributed by atoms with Crippen molar-refractivity contribution in [3.63, 3.8) is 0 Å². The molecular formula is C11H13O4P. The van der Waals surface area contributed by atoms with Gasteiger partial charge in [-0.2, -0.15) is 0 Å². The van der Waals surface area contributed by atoms with Crippen LogP contribution in [0.4, 0.5) is 0 Å². The van der Waals surface area contributed by atoms with Crippen LogP contribution in [0, 0.1) is 0 Å². The number of hydrogen-bond donors (Lipinski definition) is 1. The Balaban J connectivity index is 2.76. The topological polar surface area (TPSA) is 63.6 Å². The number of carboxylic acid groups (broad SMARTS) is 1. The number of carbonyl (C=O) groups is 1. The van der Waals surface area contributed by atoms with Crippen molar-refractivity contribution < 1.29 is 19.0 Å². The Kier molecular flexibility index (Phi) is 3.91. The van der Waals surface area contributed by atoms with E-state index in [1.165, 1.54) is 19.4 Å². The molecule has 0 saturated heterocycles. The normalized spacial score (nSPS) is 11.6. The summed E-state index contributed by atoms with van der Waals surface area (Å²) in [6.45, 7) is 3.07. The van der Waals surface area contributed by atoms with Gasteiger partial charge in [-0.1, -0.05) is 12.1 Å². The van der Waals surface area contributed by atoms with Gasteiger partial charge in [-0.25, -0.2) is 4.79 Å². The van der Waals surface area contributed by atoms with Gasteiger partial charge >= 0.3 is 5.97 Å². The summed E-state index contributed by atoms with van der Waals surface area (Å²) in [6.07, 6.45) is 2.53. The van der Waals surface area contributed by atoms with Crippen molar-refractivity contribution >= 4 is 19.4 Å². The summed E-state index contributed by atoms with van der Waals surface area (Å²) in [5, 5.41) is 8.43. The molecular weight excluding hydrogens is 227 g/mol. The lowest BCUT2D eigenvalue weighted by atomic mass is 10.2. The largest absolute Gasteiger partial charge is 0.478 e. The van der Waals surface area contributed by atoms with Crippen molar-refractivity contribution in [2.45, 2.75) is 0 Å². The molecule has 0 fully saturated rings. The van der Waals surface area contributed by atoms with Gasteiger partial charge in [0.15, 0.2) is 0 Å². The molecule has 0 amide bonds. The summed E-state index contributed by atoms with van der Waals surface area (Å²) in [5.74, 6) is -0.479. The second-order valence-corrected chi connectivity index (χ2v) is 6.27. The van der Waals surface area contributed by atoms with E-state index in [4.69, 9.17) is 9.63 Å². The van der Waals surface area contributed by atoms with Crippen molar-refractivity contribution in [2.75, 3.05) is 13.3 Å². The van der Waals surface area contributed by atoms with E-state index in [0.29, 0.717) is 5.75 Å². The first-order valence-electron chi connectivity index (χ1n) is 4.62. The standard InChI is InChI=1S/C11H13O4P/c1-16(2,14)15-10-6-3-9(4-7-10)5-8-11(12)13/h3-8H,1-2H3,(H,12,13)/b8-5+. The van der Waals surface area contributed by atoms with Crippen LogP contribution in [-0.4, -0.2) is 24.4 Å². The summed E-state index contributed by atoms with van der Waals surface area (Å²) < 4.78 is 16.6. The highest BCUT2D eigenvalue weighted by molar-refractivity contribution is 7.57. The molecule has 0 saturated carbocycles. The molecule has 4 nitrogen and oxygen atoms in total. The van der Waals surface area contributed by atoms with E-state index >= 15 is 0 Å². The molecule has 5 heteroatoms. The highest BCUT2D eigenvalue weighted by Gasteiger charge is 2.07. The number of rotatable bonds is 4. The first-order valence-corrected chi connectivity index (χ1v) is 7.14. The minimum absolute atomic E-state index is 0.515. The van der Waals surface area contributed by atoms with E-state index in [0.717, 1.165) is 11.6 Å². The lowest BCUT2D eigenvalue weighted by Crippen LogP contribution is -1.89. The first kappa shape index (κ1) is 12.5. The van der Waals surface area contributed by atoms with Crippen molar-refractivity contribution in [2.24, 2.45) is 0 Å². The van der Waals surface area contributed by atoms with Crippen molar-refractivity contribution in [1.29, 1.82) is 0 Å². The van der Waals surface area contributed by atoms with Gasteiger partial charge in [0, 0.05) is 19.4 Å². The molecule has 0 aliphatic rings. The van der Waals surface area contributed by atoms with E-state index < -0.39 is 13.3 Å². The molecule has 0 bridgehead atoms. The Morgan fingerprint density at radius 1 is 1.31 bits per heavy atom. The summed E-state index contributed by atoms with van der Waals surface area (Å²) in [6, 6.07) is 6.71. The molecule has 1 N–H and O–H groups in total. The van der Waals surface area contributed by atoms with E-state index in [2.05, 4.69) is 0 Å². The fourth-order valence-corrected chi connectivity index (χ4v) is 1.69. The van der Waals surface area contributed by atoms with E-state index in [-0.39, 0.29) is 0 Å². The Hall–Kier alpha value is -1.54. The van der Waals surface area contributed by atoms with Gasteiger partial charge in [-0.05, 0) is 23.8 Å². The van der Waals surface area contributed by atoms with Crippen molar-refractivity contribution in [3.8, 4) is 5.75 Å².